The molecule has 0 unspecified atom stereocenters. The van der Waals surface area contributed by atoms with Gasteiger partial charge in [0.2, 0.25) is 23.6 Å². The van der Waals surface area contributed by atoms with Crippen molar-refractivity contribution in [3.05, 3.63) is 0 Å². The Morgan fingerprint density at radius 1 is 0.380 bits per heavy atom. The summed E-state index contributed by atoms with van der Waals surface area (Å²) >= 11 is 0. The molecule has 10 nitrogen and oxygen atoms in total. The van der Waals surface area contributed by atoms with E-state index in [1.165, 1.54) is 116 Å². The van der Waals surface area contributed by atoms with Gasteiger partial charge in [-0.15, -0.1) is 0 Å². The third-order valence-electron chi connectivity index (χ3n) is 9.31. The van der Waals surface area contributed by atoms with Gasteiger partial charge in [0.25, 0.3) is 0 Å². The average Bonchev–Trinajstić information content (AvgIpc) is 3.11. The summed E-state index contributed by atoms with van der Waals surface area (Å²) in [6.45, 7) is 8.22. The summed E-state index contributed by atoms with van der Waals surface area (Å²) < 4.78 is 0. The van der Waals surface area contributed by atoms with Crippen molar-refractivity contribution in [1.29, 1.82) is 0 Å². The highest BCUT2D eigenvalue weighted by molar-refractivity contribution is 5.78. The van der Waals surface area contributed by atoms with E-state index in [0.717, 1.165) is 25.7 Å². The number of hydrogen-bond acceptors (Lipinski definition) is 6. The Morgan fingerprint density at radius 2 is 0.640 bits per heavy atom. The largest absolute Gasteiger partial charge is 0.354 e. The molecule has 0 heterocycles. The second-order valence-corrected chi connectivity index (χ2v) is 14.1. The van der Waals surface area contributed by atoms with Crippen molar-refractivity contribution in [1.82, 2.24) is 26.2 Å². The lowest BCUT2D eigenvalue weighted by Gasteiger charge is -2.21. The van der Waals surface area contributed by atoms with E-state index in [9.17, 15) is 19.2 Å². The van der Waals surface area contributed by atoms with Crippen molar-refractivity contribution in [2.75, 3.05) is 52.4 Å². The first-order chi connectivity index (χ1) is 24.4. The van der Waals surface area contributed by atoms with Crippen LogP contribution in [0.3, 0.4) is 0 Å². The Kier molecular flexibility index (Phi) is 36.4. The number of hydrogen-bond donors (Lipinski definition) is 5. The van der Waals surface area contributed by atoms with Gasteiger partial charge in [-0.1, -0.05) is 142 Å². The Bertz CT molecular complexity index is 751. The number of carbonyl (C=O) groups is 4. The molecular formula is C40H80N6O4. The highest BCUT2D eigenvalue weighted by Crippen LogP contribution is 2.13. The minimum Gasteiger partial charge on any atom is -0.354 e. The number of unbranched alkanes of at least 4 members (excludes halogenated alkanes) is 20. The molecule has 0 bridgehead atoms. The molecule has 0 aliphatic heterocycles. The second-order valence-electron chi connectivity index (χ2n) is 14.1. The Balaban J connectivity index is 3.75. The quantitative estimate of drug-likeness (QED) is 0.0442. The third-order valence-corrected chi connectivity index (χ3v) is 9.31. The van der Waals surface area contributed by atoms with E-state index in [1.54, 1.807) is 0 Å². The smallest absolute Gasteiger partial charge is 0.221 e. The predicted octanol–water partition coefficient (Wildman–Crippen LogP) is 6.89. The van der Waals surface area contributed by atoms with Crippen molar-refractivity contribution in [3.63, 3.8) is 0 Å². The van der Waals surface area contributed by atoms with Gasteiger partial charge in [0, 0.05) is 78.0 Å². The fraction of sp³-hybridized carbons (Fsp3) is 0.900. The number of amides is 4. The van der Waals surface area contributed by atoms with Crippen LogP contribution in [0.5, 0.6) is 0 Å². The van der Waals surface area contributed by atoms with Gasteiger partial charge in [0.05, 0.1) is 0 Å². The Labute approximate surface area is 307 Å². The fourth-order valence-corrected chi connectivity index (χ4v) is 6.10. The molecule has 0 atom stereocenters. The van der Waals surface area contributed by atoms with Crippen LogP contribution in [0.2, 0.25) is 0 Å². The molecule has 0 aliphatic rings. The summed E-state index contributed by atoms with van der Waals surface area (Å²) in [6.07, 6.45) is 29.4. The molecule has 0 aromatic carbocycles. The van der Waals surface area contributed by atoms with E-state index >= 15 is 0 Å². The molecule has 10 heteroatoms. The number of nitrogens with two attached hydrogens (primary N) is 1. The normalized spacial score (nSPS) is 11.1. The summed E-state index contributed by atoms with van der Waals surface area (Å²) in [7, 11) is 0. The van der Waals surface area contributed by atoms with Crippen molar-refractivity contribution < 1.29 is 19.2 Å². The molecule has 294 valence electrons. The van der Waals surface area contributed by atoms with Gasteiger partial charge < -0.3 is 31.9 Å². The van der Waals surface area contributed by atoms with E-state index in [-0.39, 0.29) is 23.6 Å². The number of nitrogens with one attached hydrogen (secondary N) is 4. The van der Waals surface area contributed by atoms with Gasteiger partial charge in [0.1, 0.15) is 0 Å². The van der Waals surface area contributed by atoms with Gasteiger partial charge in [-0.25, -0.2) is 0 Å². The van der Waals surface area contributed by atoms with E-state index in [2.05, 4.69) is 35.1 Å². The topological polar surface area (TPSA) is 146 Å². The van der Waals surface area contributed by atoms with E-state index < -0.39 is 0 Å². The van der Waals surface area contributed by atoms with Crippen LogP contribution in [-0.4, -0.2) is 80.9 Å². The lowest BCUT2D eigenvalue weighted by Crippen LogP contribution is -2.39. The maximum absolute atomic E-state index is 12.3. The molecule has 0 aromatic rings. The highest BCUT2D eigenvalue weighted by Gasteiger charge is 2.11. The maximum atomic E-state index is 12.3. The fourth-order valence-electron chi connectivity index (χ4n) is 6.10. The monoisotopic (exact) mass is 709 g/mol. The van der Waals surface area contributed by atoms with Gasteiger partial charge in [-0.3, -0.25) is 19.2 Å². The van der Waals surface area contributed by atoms with Crippen LogP contribution < -0.4 is 27.0 Å². The highest BCUT2D eigenvalue weighted by atomic mass is 16.2. The molecular weight excluding hydrogens is 628 g/mol. The van der Waals surface area contributed by atoms with Crippen LogP contribution >= 0.6 is 0 Å². The van der Waals surface area contributed by atoms with Crippen LogP contribution in [-0.2, 0) is 19.2 Å². The summed E-state index contributed by atoms with van der Waals surface area (Å²) in [5.74, 6) is -0.0749. The first-order valence-electron chi connectivity index (χ1n) is 20.9. The summed E-state index contributed by atoms with van der Waals surface area (Å²) in [6, 6.07) is 0. The molecule has 6 N–H and O–H groups in total. The van der Waals surface area contributed by atoms with Crippen molar-refractivity contribution in [3.8, 4) is 0 Å². The molecule has 0 saturated carbocycles. The first kappa shape index (κ1) is 47.8. The van der Waals surface area contributed by atoms with Gasteiger partial charge in [-0.2, -0.15) is 0 Å². The molecule has 4 amide bonds. The Hall–Kier alpha value is -2.20. The van der Waals surface area contributed by atoms with Gasteiger partial charge in [0.15, 0.2) is 0 Å². The lowest BCUT2D eigenvalue weighted by molar-refractivity contribution is -0.123. The van der Waals surface area contributed by atoms with Gasteiger partial charge >= 0.3 is 0 Å². The van der Waals surface area contributed by atoms with Gasteiger partial charge in [-0.05, 0) is 12.8 Å². The standard InChI is InChI=1S/C40H80N6O4/c1-3-5-7-9-11-13-15-17-19-21-23-25-37(47)42-30-32-44-39(49)27-34-46(36-29-41)35-28-40(50)45-33-31-43-38(48)26-24-22-20-18-16-14-12-10-8-6-4-2/h3-36,41H2,1-2H3,(H,42,47)(H,43,48)(H,44,49)(H,45,50). The number of carbonyl (C=O) groups excluding carboxylic acids is 4. The van der Waals surface area contributed by atoms with Crippen molar-refractivity contribution >= 4 is 23.6 Å². The molecule has 0 radical (unpaired) electrons. The summed E-state index contributed by atoms with van der Waals surface area (Å²) in [4.78, 5) is 50.9. The number of nitrogens with zero attached hydrogens (tertiary/aromatic N) is 1. The molecule has 0 spiro atoms. The SMILES string of the molecule is CCCCCCCCCCCCCC(=O)NCCNC(=O)CCN(CCN)CCC(=O)NCCNC(=O)CCCCCCCCCCCCC. The molecule has 0 saturated heterocycles. The summed E-state index contributed by atoms with van der Waals surface area (Å²) in [5, 5.41) is 11.5. The molecule has 0 aromatic heterocycles. The van der Waals surface area contributed by atoms with Crippen molar-refractivity contribution in [2.45, 2.75) is 181 Å². The average molecular weight is 709 g/mol. The zero-order valence-electron chi connectivity index (χ0n) is 32.7. The Morgan fingerprint density at radius 3 is 0.920 bits per heavy atom. The van der Waals surface area contributed by atoms with E-state index in [1.807, 2.05) is 4.90 Å². The zero-order chi connectivity index (χ0) is 36.8. The van der Waals surface area contributed by atoms with Crippen LogP contribution in [0.15, 0.2) is 0 Å². The minimum atomic E-state index is -0.0833. The van der Waals surface area contributed by atoms with Crippen LogP contribution in [0.4, 0.5) is 0 Å². The van der Waals surface area contributed by atoms with Crippen LogP contribution in [0.25, 0.3) is 0 Å². The van der Waals surface area contributed by atoms with E-state index in [0.29, 0.717) is 78.0 Å². The van der Waals surface area contributed by atoms with E-state index in [4.69, 9.17) is 5.73 Å². The zero-order valence-corrected chi connectivity index (χ0v) is 32.7. The second kappa shape index (κ2) is 38.0. The summed E-state index contributed by atoms with van der Waals surface area (Å²) in [5.41, 5.74) is 5.75. The third kappa shape index (κ3) is 35.6. The predicted molar refractivity (Wildman–Crippen MR) is 209 cm³/mol. The first-order valence-corrected chi connectivity index (χ1v) is 20.9. The van der Waals surface area contributed by atoms with Crippen molar-refractivity contribution in [2.24, 2.45) is 5.73 Å². The maximum Gasteiger partial charge on any atom is 0.221 e. The molecule has 0 fully saturated rings. The van der Waals surface area contributed by atoms with Crippen LogP contribution in [0.1, 0.15) is 181 Å². The lowest BCUT2D eigenvalue weighted by atomic mass is 10.1. The minimum absolute atomic E-state index is 0.0459. The molecule has 0 aliphatic carbocycles. The molecule has 50 heavy (non-hydrogen) atoms. The number of rotatable bonds is 38. The van der Waals surface area contributed by atoms with Crippen LogP contribution in [0, 0.1) is 0 Å². The molecule has 0 rings (SSSR count).